The number of hydrogen-bond donors (Lipinski definition) is 1. The summed E-state index contributed by atoms with van der Waals surface area (Å²) in [6.07, 6.45) is 1.94. The molecule has 0 radical (unpaired) electrons. The van der Waals surface area contributed by atoms with Crippen molar-refractivity contribution in [2.75, 3.05) is 26.2 Å². The number of fused-ring (bicyclic) bond motifs is 1. The van der Waals surface area contributed by atoms with Crippen molar-refractivity contribution in [3.8, 4) is 0 Å². The van der Waals surface area contributed by atoms with E-state index in [1.807, 2.05) is 24.4 Å². The summed E-state index contributed by atoms with van der Waals surface area (Å²) in [5.74, 6) is 0. The van der Waals surface area contributed by atoms with E-state index in [0.717, 1.165) is 42.2 Å². The highest BCUT2D eigenvalue weighted by Crippen LogP contribution is 2.25. The molecule has 2 aromatic rings. The van der Waals surface area contributed by atoms with Crippen molar-refractivity contribution >= 4 is 22.5 Å². The third kappa shape index (κ3) is 2.79. The van der Waals surface area contributed by atoms with Crippen molar-refractivity contribution in [2.24, 2.45) is 5.73 Å². The molecule has 5 heteroatoms. The fourth-order valence-electron chi connectivity index (χ4n) is 2.63. The highest BCUT2D eigenvalue weighted by atomic mass is 35.5. The van der Waals surface area contributed by atoms with Gasteiger partial charge in [0.15, 0.2) is 0 Å². The second kappa shape index (κ2) is 6.06. The van der Waals surface area contributed by atoms with Crippen LogP contribution in [-0.4, -0.2) is 42.2 Å². The van der Waals surface area contributed by atoms with Crippen molar-refractivity contribution in [1.29, 1.82) is 0 Å². The first kappa shape index (κ1) is 13.8. The second-order valence-corrected chi connectivity index (χ2v) is 5.48. The number of morpholine rings is 1. The fraction of sp³-hybridized carbons (Fsp3) is 0.400. The number of hydrogen-bond acceptors (Lipinski definition) is 4. The molecule has 4 nitrogen and oxygen atoms in total. The Labute approximate surface area is 123 Å². The summed E-state index contributed by atoms with van der Waals surface area (Å²) in [6.45, 7) is 3.95. The van der Waals surface area contributed by atoms with Gasteiger partial charge in [-0.3, -0.25) is 9.88 Å². The maximum Gasteiger partial charge on any atom is 0.0824 e. The molecule has 1 aliphatic heterocycles. The van der Waals surface area contributed by atoms with Crippen LogP contribution in [0.4, 0.5) is 0 Å². The monoisotopic (exact) mass is 291 g/mol. The van der Waals surface area contributed by atoms with Crippen molar-refractivity contribution < 1.29 is 4.74 Å². The lowest BCUT2D eigenvalue weighted by molar-refractivity contribution is -0.0259. The Balaban J connectivity index is 1.86. The average molecular weight is 292 g/mol. The molecule has 1 saturated heterocycles. The van der Waals surface area contributed by atoms with Crippen molar-refractivity contribution in [1.82, 2.24) is 9.88 Å². The number of nitrogens with two attached hydrogens (primary N) is 1. The predicted octanol–water partition coefficient (Wildman–Crippen LogP) is 2.05. The summed E-state index contributed by atoms with van der Waals surface area (Å²) < 4.78 is 5.60. The molecule has 20 heavy (non-hydrogen) atoms. The van der Waals surface area contributed by atoms with Crippen LogP contribution in [0.2, 0.25) is 5.02 Å². The van der Waals surface area contributed by atoms with E-state index in [1.54, 1.807) is 0 Å². The first-order valence-electron chi connectivity index (χ1n) is 6.84. The van der Waals surface area contributed by atoms with Gasteiger partial charge in [-0.2, -0.15) is 0 Å². The van der Waals surface area contributed by atoms with Gasteiger partial charge in [-0.15, -0.1) is 0 Å². The quantitative estimate of drug-likeness (QED) is 0.940. The van der Waals surface area contributed by atoms with Gasteiger partial charge in [-0.05, 0) is 23.8 Å². The minimum absolute atomic E-state index is 0.135. The summed E-state index contributed by atoms with van der Waals surface area (Å²) in [5, 5.41) is 1.76. The molecule has 1 atom stereocenters. The van der Waals surface area contributed by atoms with Crippen LogP contribution in [0.1, 0.15) is 5.56 Å². The molecule has 0 amide bonds. The van der Waals surface area contributed by atoms with Gasteiger partial charge in [-0.25, -0.2) is 0 Å². The molecule has 3 rings (SSSR count). The summed E-state index contributed by atoms with van der Waals surface area (Å²) in [4.78, 5) is 6.84. The Kier molecular flexibility index (Phi) is 4.17. The highest BCUT2D eigenvalue weighted by molar-refractivity contribution is 6.35. The highest BCUT2D eigenvalue weighted by Gasteiger charge is 2.20. The van der Waals surface area contributed by atoms with Crippen molar-refractivity contribution in [3.05, 3.63) is 41.0 Å². The van der Waals surface area contributed by atoms with Crippen LogP contribution >= 0.6 is 11.6 Å². The van der Waals surface area contributed by atoms with E-state index in [0.29, 0.717) is 6.54 Å². The third-order valence-corrected chi connectivity index (χ3v) is 4.01. The molecule has 0 saturated carbocycles. The van der Waals surface area contributed by atoms with Crippen LogP contribution in [-0.2, 0) is 11.3 Å². The van der Waals surface area contributed by atoms with Gasteiger partial charge in [0.1, 0.15) is 0 Å². The Bertz CT molecular complexity index is 605. The van der Waals surface area contributed by atoms with Crippen molar-refractivity contribution in [3.63, 3.8) is 0 Å². The molecule has 2 N–H and O–H groups in total. The van der Waals surface area contributed by atoms with Gasteiger partial charge in [0.2, 0.25) is 0 Å². The first-order valence-corrected chi connectivity index (χ1v) is 7.22. The molecule has 0 aliphatic carbocycles. The normalized spacial score (nSPS) is 20.4. The van der Waals surface area contributed by atoms with Gasteiger partial charge < -0.3 is 10.5 Å². The molecule has 1 aromatic carbocycles. The van der Waals surface area contributed by atoms with E-state index in [1.165, 1.54) is 5.56 Å². The smallest absolute Gasteiger partial charge is 0.0824 e. The van der Waals surface area contributed by atoms with E-state index in [-0.39, 0.29) is 6.10 Å². The van der Waals surface area contributed by atoms with E-state index in [2.05, 4.69) is 16.0 Å². The van der Waals surface area contributed by atoms with Crippen LogP contribution in [0.3, 0.4) is 0 Å². The van der Waals surface area contributed by atoms with Crippen LogP contribution in [0, 0.1) is 0 Å². The molecule has 2 heterocycles. The summed E-state index contributed by atoms with van der Waals surface area (Å²) >= 11 is 6.23. The number of nitrogens with zero attached hydrogens (tertiary/aromatic N) is 2. The summed E-state index contributed by atoms with van der Waals surface area (Å²) in [7, 11) is 0. The van der Waals surface area contributed by atoms with Gasteiger partial charge in [0.05, 0.1) is 18.2 Å². The third-order valence-electron chi connectivity index (χ3n) is 3.68. The van der Waals surface area contributed by atoms with E-state index < -0.39 is 0 Å². The molecule has 0 spiro atoms. The molecular weight excluding hydrogens is 274 g/mol. The molecule has 1 aliphatic rings. The van der Waals surface area contributed by atoms with Gasteiger partial charge in [-0.1, -0.05) is 17.7 Å². The number of ether oxygens (including phenoxy) is 1. The Morgan fingerprint density at radius 1 is 1.40 bits per heavy atom. The number of pyridine rings is 1. The Hall–Kier alpha value is -1.20. The van der Waals surface area contributed by atoms with Gasteiger partial charge in [0, 0.05) is 42.8 Å². The van der Waals surface area contributed by atoms with E-state index in [9.17, 15) is 0 Å². The molecule has 1 unspecified atom stereocenters. The lowest BCUT2D eigenvalue weighted by Gasteiger charge is -2.32. The van der Waals surface area contributed by atoms with Crippen LogP contribution < -0.4 is 5.73 Å². The lowest BCUT2D eigenvalue weighted by Crippen LogP contribution is -2.45. The fourth-order valence-corrected chi connectivity index (χ4v) is 2.85. The molecule has 106 valence electrons. The largest absolute Gasteiger partial charge is 0.374 e. The zero-order chi connectivity index (χ0) is 13.9. The second-order valence-electron chi connectivity index (χ2n) is 5.07. The number of rotatable bonds is 3. The van der Waals surface area contributed by atoms with Gasteiger partial charge >= 0.3 is 0 Å². The summed E-state index contributed by atoms with van der Waals surface area (Å²) in [5.41, 5.74) is 7.87. The summed E-state index contributed by atoms with van der Waals surface area (Å²) in [6, 6.07) is 7.93. The first-order chi connectivity index (χ1) is 9.78. The van der Waals surface area contributed by atoms with Crippen molar-refractivity contribution in [2.45, 2.75) is 12.6 Å². The number of benzene rings is 1. The minimum Gasteiger partial charge on any atom is -0.374 e. The predicted molar refractivity (Wildman–Crippen MR) is 80.8 cm³/mol. The van der Waals surface area contributed by atoms with E-state index >= 15 is 0 Å². The number of aromatic nitrogens is 1. The maximum absolute atomic E-state index is 6.23. The van der Waals surface area contributed by atoms with Gasteiger partial charge in [0.25, 0.3) is 0 Å². The molecule has 1 aromatic heterocycles. The molecular formula is C15H18ClN3O. The Morgan fingerprint density at radius 2 is 2.30 bits per heavy atom. The zero-order valence-electron chi connectivity index (χ0n) is 11.3. The Morgan fingerprint density at radius 3 is 3.15 bits per heavy atom. The SMILES string of the molecule is NCC1CN(Cc2ccc(Cl)c3cccnc23)CCO1. The molecule has 0 bridgehead atoms. The van der Waals surface area contributed by atoms with Crippen LogP contribution in [0.25, 0.3) is 10.9 Å². The lowest BCUT2D eigenvalue weighted by atomic mass is 10.1. The van der Waals surface area contributed by atoms with Crippen LogP contribution in [0.5, 0.6) is 0 Å². The standard InChI is InChI=1S/C15H18ClN3O/c16-14-4-3-11(15-13(14)2-1-5-18-15)9-19-6-7-20-12(8-17)10-19/h1-5,12H,6-10,17H2. The minimum atomic E-state index is 0.135. The molecule has 1 fully saturated rings. The maximum atomic E-state index is 6.23. The number of halogens is 1. The zero-order valence-corrected chi connectivity index (χ0v) is 12.0. The van der Waals surface area contributed by atoms with E-state index in [4.69, 9.17) is 22.1 Å². The topological polar surface area (TPSA) is 51.4 Å². The van der Waals surface area contributed by atoms with Crippen LogP contribution in [0.15, 0.2) is 30.5 Å². The average Bonchev–Trinajstić information content (AvgIpc) is 2.51.